The molecule has 1 aromatic heterocycles. The Labute approximate surface area is 200 Å². The molecule has 4 aliphatic rings. The van der Waals surface area contributed by atoms with Crippen LogP contribution in [0, 0.1) is 29.1 Å². The van der Waals surface area contributed by atoms with E-state index in [1.807, 2.05) is 19.1 Å². The minimum absolute atomic E-state index is 0.152. The van der Waals surface area contributed by atoms with Gasteiger partial charge in [0, 0.05) is 17.8 Å². The highest BCUT2D eigenvalue weighted by Gasteiger charge is 2.63. The third-order valence-electron chi connectivity index (χ3n) is 9.33. The van der Waals surface area contributed by atoms with Crippen LogP contribution >= 0.6 is 0 Å². The molecule has 5 nitrogen and oxygen atoms in total. The molecule has 2 aromatic rings. The molecule has 0 spiro atoms. The Morgan fingerprint density at radius 3 is 2.94 bits per heavy atom. The zero-order valence-corrected chi connectivity index (χ0v) is 19.8. The average molecular weight is 455 g/mol. The number of benzene rings is 1. The molecular weight excluding hydrogens is 424 g/mol. The Hall–Kier alpha value is -3.13. The quantitative estimate of drug-likeness (QED) is 0.509. The van der Waals surface area contributed by atoms with Gasteiger partial charge in [-0.05, 0) is 92.2 Å². The number of aromatic nitrogens is 1. The molecule has 2 unspecified atom stereocenters. The van der Waals surface area contributed by atoms with Crippen LogP contribution in [-0.4, -0.2) is 22.7 Å². The van der Waals surface area contributed by atoms with Crippen LogP contribution in [0.4, 0.5) is 0 Å². The summed E-state index contributed by atoms with van der Waals surface area (Å²) in [5.74, 6) is 7.94. The number of oxazole rings is 1. The van der Waals surface area contributed by atoms with Crippen LogP contribution in [0.3, 0.4) is 0 Å². The minimum Gasteiger partial charge on any atom is -0.443 e. The lowest BCUT2D eigenvalue weighted by atomic mass is 9.50. The second-order valence-electron chi connectivity index (χ2n) is 10.7. The molecule has 1 N–H and O–H groups in total. The van der Waals surface area contributed by atoms with E-state index in [9.17, 15) is 9.59 Å². The molecule has 0 bridgehead atoms. The van der Waals surface area contributed by atoms with Crippen molar-refractivity contribution in [2.45, 2.75) is 70.3 Å². The van der Waals surface area contributed by atoms with Crippen molar-refractivity contribution < 1.29 is 14.0 Å². The SMILES string of the molecule is CC#C[C@]1(NC=O)CCC2C3CCC4=CC(=O)CCC4=C3[C@@H](c3ccc4ocnc4c3)C[C@@]21C. The summed E-state index contributed by atoms with van der Waals surface area (Å²) in [5.41, 5.74) is 6.44. The van der Waals surface area contributed by atoms with Crippen molar-refractivity contribution in [1.82, 2.24) is 10.3 Å². The number of allylic oxidation sites excluding steroid dienone is 4. The number of hydrogen-bond donors (Lipinski definition) is 1. The molecule has 1 amide bonds. The molecule has 2 fully saturated rings. The molecule has 0 aliphatic heterocycles. The monoisotopic (exact) mass is 454 g/mol. The number of nitrogens with zero attached hydrogens (tertiary/aromatic N) is 1. The fourth-order valence-electron chi connectivity index (χ4n) is 7.87. The van der Waals surface area contributed by atoms with Gasteiger partial charge in [0.2, 0.25) is 6.41 Å². The summed E-state index contributed by atoms with van der Waals surface area (Å²) in [5, 5.41) is 3.20. The molecule has 174 valence electrons. The van der Waals surface area contributed by atoms with E-state index in [0.717, 1.165) is 56.0 Å². The molecule has 2 saturated carbocycles. The topological polar surface area (TPSA) is 72.2 Å². The molecule has 4 aliphatic carbocycles. The third-order valence-corrected chi connectivity index (χ3v) is 9.33. The minimum atomic E-state index is -0.515. The van der Waals surface area contributed by atoms with Crippen molar-refractivity contribution in [2.75, 3.05) is 0 Å². The molecule has 6 rings (SSSR count). The molecule has 0 saturated heterocycles. The number of hydrogen-bond acceptors (Lipinski definition) is 4. The van der Waals surface area contributed by atoms with Gasteiger partial charge in [0.1, 0.15) is 11.1 Å². The smallest absolute Gasteiger partial charge is 0.208 e. The van der Waals surface area contributed by atoms with Crippen LogP contribution < -0.4 is 5.32 Å². The van der Waals surface area contributed by atoms with Gasteiger partial charge < -0.3 is 9.73 Å². The van der Waals surface area contributed by atoms with Gasteiger partial charge in [-0.2, -0.15) is 0 Å². The highest BCUT2D eigenvalue weighted by Crippen LogP contribution is 2.66. The van der Waals surface area contributed by atoms with Gasteiger partial charge in [0.05, 0.1) is 0 Å². The highest BCUT2D eigenvalue weighted by molar-refractivity contribution is 5.93. The Morgan fingerprint density at radius 1 is 1.24 bits per heavy atom. The van der Waals surface area contributed by atoms with Crippen LogP contribution in [-0.2, 0) is 9.59 Å². The van der Waals surface area contributed by atoms with E-state index in [0.29, 0.717) is 18.3 Å². The van der Waals surface area contributed by atoms with Crippen molar-refractivity contribution in [3.63, 3.8) is 0 Å². The number of ketones is 1. The summed E-state index contributed by atoms with van der Waals surface area (Å²) in [6.07, 6.45) is 10.6. The number of carbonyl (C=O) groups excluding carboxylic acids is 2. The van der Waals surface area contributed by atoms with Crippen molar-refractivity contribution in [3.05, 3.63) is 53.0 Å². The van der Waals surface area contributed by atoms with Crippen LogP contribution in [0.15, 0.2) is 51.8 Å². The first-order chi connectivity index (χ1) is 16.5. The van der Waals surface area contributed by atoms with Crippen molar-refractivity contribution in [1.29, 1.82) is 0 Å². The Balaban J connectivity index is 1.56. The number of rotatable bonds is 3. The first-order valence-electron chi connectivity index (χ1n) is 12.4. The number of fused-ring (bicyclic) bond motifs is 5. The molecule has 0 radical (unpaired) electrons. The Bertz CT molecular complexity index is 1320. The summed E-state index contributed by atoms with van der Waals surface area (Å²) in [7, 11) is 0. The van der Waals surface area contributed by atoms with Crippen LogP contribution in [0.1, 0.15) is 70.3 Å². The third kappa shape index (κ3) is 2.90. The molecule has 5 atom stereocenters. The highest BCUT2D eigenvalue weighted by atomic mass is 16.3. The molecule has 1 heterocycles. The van der Waals surface area contributed by atoms with Crippen LogP contribution in [0.2, 0.25) is 0 Å². The van der Waals surface area contributed by atoms with E-state index >= 15 is 0 Å². The van der Waals surface area contributed by atoms with Gasteiger partial charge in [-0.1, -0.05) is 24.5 Å². The first-order valence-corrected chi connectivity index (χ1v) is 12.4. The predicted octanol–water partition coefficient (Wildman–Crippen LogP) is 5.24. The van der Waals surface area contributed by atoms with E-state index in [2.05, 4.69) is 41.2 Å². The predicted molar refractivity (Wildman–Crippen MR) is 130 cm³/mol. The standard InChI is InChI=1S/C29H30N2O3/c1-3-11-29(31-16-32)12-10-24-22-7-4-18-13-20(33)6-8-21(18)27(22)23(15-28(24,29)2)19-5-9-26-25(14-19)30-17-34-26/h5,9,13-14,16-17,22-24H,4,6-8,10,12,15H2,1-2H3,(H,31,32)/t22?,23-,24?,28+,29+/m1/s1. The second-order valence-corrected chi connectivity index (χ2v) is 10.7. The summed E-state index contributed by atoms with van der Waals surface area (Å²) in [4.78, 5) is 28.4. The number of carbonyl (C=O) groups is 2. The maximum absolute atomic E-state index is 12.2. The van der Waals surface area contributed by atoms with E-state index in [-0.39, 0.29) is 17.1 Å². The molecule has 1 aromatic carbocycles. The largest absolute Gasteiger partial charge is 0.443 e. The van der Waals surface area contributed by atoms with Gasteiger partial charge in [-0.15, -0.1) is 5.92 Å². The summed E-state index contributed by atoms with van der Waals surface area (Å²) < 4.78 is 5.51. The normalized spacial score (nSPS) is 34.5. The fraction of sp³-hybridized carbons (Fsp3) is 0.483. The maximum atomic E-state index is 12.2. The maximum Gasteiger partial charge on any atom is 0.208 e. The number of amides is 1. The van der Waals surface area contributed by atoms with Gasteiger partial charge in [-0.3, -0.25) is 9.59 Å². The van der Waals surface area contributed by atoms with Gasteiger partial charge in [-0.25, -0.2) is 4.98 Å². The summed E-state index contributed by atoms with van der Waals surface area (Å²) >= 11 is 0. The van der Waals surface area contributed by atoms with Gasteiger partial charge >= 0.3 is 0 Å². The van der Waals surface area contributed by atoms with E-state index < -0.39 is 5.54 Å². The lowest BCUT2D eigenvalue weighted by Gasteiger charge is -2.55. The Kier molecular flexibility index (Phi) is 4.85. The van der Waals surface area contributed by atoms with Crippen LogP contribution in [0.25, 0.3) is 11.1 Å². The lowest BCUT2D eigenvalue weighted by Crippen LogP contribution is -2.58. The van der Waals surface area contributed by atoms with E-state index in [4.69, 9.17) is 4.42 Å². The van der Waals surface area contributed by atoms with E-state index in [1.165, 1.54) is 28.7 Å². The van der Waals surface area contributed by atoms with Crippen molar-refractivity contribution in [3.8, 4) is 11.8 Å². The van der Waals surface area contributed by atoms with Crippen LogP contribution in [0.5, 0.6) is 0 Å². The van der Waals surface area contributed by atoms with Crippen molar-refractivity contribution >= 4 is 23.3 Å². The molecule has 5 heteroatoms. The average Bonchev–Trinajstić information content (AvgIpc) is 3.41. The summed E-state index contributed by atoms with van der Waals surface area (Å²) in [6.45, 7) is 4.22. The fourth-order valence-corrected chi connectivity index (χ4v) is 7.87. The van der Waals surface area contributed by atoms with Gasteiger partial charge in [0.25, 0.3) is 0 Å². The van der Waals surface area contributed by atoms with Gasteiger partial charge in [0.15, 0.2) is 17.8 Å². The second kappa shape index (κ2) is 7.70. The molecule has 34 heavy (non-hydrogen) atoms. The first kappa shape index (κ1) is 21.4. The number of nitrogens with one attached hydrogen (secondary N) is 1. The lowest BCUT2D eigenvalue weighted by molar-refractivity contribution is -0.115. The Morgan fingerprint density at radius 2 is 2.12 bits per heavy atom. The zero-order chi connectivity index (χ0) is 23.5. The zero-order valence-electron chi connectivity index (χ0n) is 19.8. The summed E-state index contributed by atoms with van der Waals surface area (Å²) in [6, 6.07) is 6.36. The molecular formula is C29H30N2O3. The van der Waals surface area contributed by atoms with E-state index in [1.54, 1.807) is 0 Å². The van der Waals surface area contributed by atoms with Crippen molar-refractivity contribution in [2.24, 2.45) is 17.3 Å².